The Bertz CT molecular complexity index is 1170. The number of fused-ring (bicyclic) bond motifs is 2. The van der Waals surface area contributed by atoms with Gasteiger partial charge in [0.25, 0.3) is 0 Å². The first-order valence-corrected chi connectivity index (χ1v) is 10.3. The highest BCUT2D eigenvalue weighted by atomic mass is 32.1. The SMILES string of the molecule is O=C(CCc1csc2nc(-c3ccccc3)cn12)NCc1ccc2c(c1)OCO2. The van der Waals surface area contributed by atoms with Crippen LogP contribution in [0.4, 0.5) is 0 Å². The van der Waals surface area contributed by atoms with E-state index in [1.807, 2.05) is 42.6 Å². The first-order chi connectivity index (χ1) is 14.3. The number of nitrogens with one attached hydrogen (secondary N) is 1. The van der Waals surface area contributed by atoms with Crippen LogP contribution < -0.4 is 14.8 Å². The van der Waals surface area contributed by atoms with Crippen LogP contribution in [0.5, 0.6) is 11.5 Å². The zero-order valence-corrected chi connectivity index (χ0v) is 16.4. The lowest BCUT2D eigenvalue weighted by atomic mass is 10.2. The Morgan fingerprint density at radius 3 is 2.90 bits per heavy atom. The van der Waals surface area contributed by atoms with Crippen molar-refractivity contribution < 1.29 is 14.3 Å². The van der Waals surface area contributed by atoms with Crippen LogP contribution in [-0.2, 0) is 17.8 Å². The van der Waals surface area contributed by atoms with Gasteiger partial charge in [-0.05, 0) is 24.1 Å². The summed E-state index contributed by atoms with van der Waals surface area (Å²) in [7, 11) is 0. The maximum atomic E-state index is 12.3. The molecule has 2 aromatic carbocycles. The third-order valence-electron chi connectivity index (χ3n) is 4.89. The number of hydrogen-bond donors (Lipinski definition) is 1. The molecule has 4 aromatic rings. The average Bonchev–Trinajstić information content (AvgIpc) is 3.47. The molecular formula is C22H19N3O3S. The number of rotatable bonds is 6. The highest BCUT2D eigenvalue weighted by molar-refractivity contribution is 7.15. The largest absolute Gasteiger partial charge is 0.454 e. The van der Waals surface area contributed by atoms with Gasteiger partial charge in [0.15, 0.2) is 16.5 Å². The van der Waals surface area contributed by atoms with E-state index in [0.29, 0.717) is 19.4 Å². The van der Waals surface area contributed by atoms with E-state index in [9.17, 15) is 4.79 Å². The van der Waals surface area contributed by atoms with Crippen LogP contribution in [0.1, 0.15) is 17.7 Å². The Morgan fingerprint density at radius 1 is 1.14 bits per heavy atom. The summed E-state index contributed by atoms with van der Waals surface area (Å²) in [5.74, 6) is 1.49. The highest BCUT2D eigenvalue weighted by Gasteiger charge is 2.14. The minimum Gasteiger partial charge on any atom is -0.454 e. The molecule has 0 radical (unpaired) electrons. The van der Waals surface area contributed by atoms with Crippen LogP contribution in [0.3, 0.4) is 0 Å². The maximum absolute atomic E-state index is 12.3. The van der Waals surface area contributed by atoms with Crippen molar-refractivity contribution in [3.05, 3.63) is 71.4 Å². The Hall–Kier alpha value is -3.32. The summed E-state index contributed by atoms with van der Waals surface area (Å²) >= 11 is 1.60. The van der Waals surface area contributed by atoms with Crippen molar-refractivity contribution >= 4 is 22.2 Å². The zero-order valence-electron chi connectivity index (χ0n) is 15.6. The summed E-state index contributed by atoms with van der Waals surface area (Å²) in [5.41, 5.74) is 4.13. The molecule has 29 heavy (non-hydrogen) atoms. The normalized spacial score (nSPS) is 12.4. The number of imidazole rings is 1. The smallest absolute Gasteiger partial charge is 0.231 e. The fraction of sp³-hybridized carbons (Fsp3) is 0.182. The lowest BCUT2D eigenvalue weighted by molar-refractivity contribution is -0.121. The van der Waals surface area contributed by atoms with Crippen molar-refractivity contribution in [2.45, 2.75) is 19.4 Å². The molecule has 1 aliphatic rings. The lowest BCUT2D eigenvalue weighted by Gasteiger charge is -2.06. The van der Waals surface area contributed by atoms with E-state index in [2.05, 4.69) is 27.2 Å². The van der Waals surface area contributed by atoms with E-state index in [1.165, 1.54) is 0 Å². The standard InChI is InChI=1S/C22H19N3O3S/c26-21(23-11-15-6-8-19-20(10-15)28-14-27-19)9-7-17-13-29-22-24-18(12-25(17)22)16-4-2-1-3-5-16/h1-6,8,10,12-13H,7,9,11,14H2,(H,23,26). The monoisotopic (exact) mass is 405 g/mol. The average molecular weight is 405 g/mol. The van der Waals surface area contributed by atoms with Gasteiger partial charge in [0.05, 0.1) is 5.69 Å². The first-order valence-electron chi connectivity index (χ1n) is 9.42. The van der Waals surface area contributed by atoms with Gasteiger partial charge in [-0.25, -0.2) is 4.98 Å². The zero-order chi connectivity index (χ0) is 19.6. The summed E-state index contributed by atoms with van der Waals surface area (Å²) in [6.45, 7) is 0.720. The van der Waals surface area contributed by atoms with Crippen LogP contribution in [0, 0.1) is 0 Å². The predicted molar refractivity (Wildman–Crippen MR) is 111 cm³/mol. The van der Waals surface area contributed by atoms with Crippen LogP contribution in [-0.4, -0.2) is 22.1 Å². The molecule has 0 unspecified atom stereocenters. The Kier molecular flexibility index (Phi) is 4.65. The number of carbonyl (C=O) groups is 1. The Labute approximate surface area is 171 Å². The van der Waals surface area contributed by atoms with Gasteiger partial charge in [0.1, 0.15) is 0 Å². The number of aryl methyl sites for hydroxylation is 1. The van der Waals surface area contributed by atoms with Crippen molar-refractivity contribution in [2.75, 3.05) is 6.79 Å². The molecule has 1 amide bonds. The molecule has 6 nitrogen and oxygen atoms in total. The van der Waals surface area contributed by atoms with Gasteiger partial charge in [0.2, 0.25) is 12.7 Å². The molecule has 0 spiro atoms. The molecule has 1 aliphatic heterocycles. The van der Waals surface area contributed by atoms with Gasteiger partial charge in [-0.1, -0.05) is 36.4 Å². The molecule has 0 saturated heterocycles. The molecule has 3 heterocycles. The van der Waals surface area contributed by atoms with Crippen LogP contribution in [0.2, 0.25) is 0 Å². The number of ether oxygens (including phenoxy) is 2. The molecule has 5 rings (SSSR count). The van der Waals surface area contributed by atoms with Gasteiger partial charge < -0.3 is 14.8 Å². The maximum Gasteiger partial charge on any atom is 0.231 e. The number of benzene rings is 2. The predicted octanol–water partition coefficient (Wildman–Crippen LogP) is 4.04. The van der Waals surface area contributed by atoms with Crippen LogP contribution in [0.25, 0.3) is 16.2 Å². The molecule has 7 heteroatoms. The Morgan fingerprint density at radius 2 is 2.00 bits per heavy atom. The van der Waals surface area contributed by atoms with E-state index in [4.69, 9.17) is 14.5 Å². The van der Waals surface area contributed by atoms with Crippen molar-refractivity contribution in [3.63, 3.8) is 0 Å². The minimum atomic E-state index is 0.0189. The van der Waals surface area contributed by atoms with E-state index in [1.54, 1.807) is 11.3 Å². The summed E-state index contributed by atoms with van der Waals surface area (Å²) < 4.78 is 12.8. The highest BCUT2D eigenvalue weighted by Crippen LogP contribution is 2.32. The topological polar surface area (TPSA) is 64.9 Å². The van der Waals surface area contributed by atoms with E-state index in [0.717, 1.165) is 39.0 Å². The minimum absolute atomic E-state index is 0.0189. The summed E-state index contributed by atoms with van der Waals surface area (Å²) in [5, 5.41) is 5.05. The van der Waals surface area contributed by atoms with Crippen LogP contribution >= 0.6 is 11.3 Å². The molecule has 146 valence electrons. The molecule has 0 aliphatic carbocycles. The van der Waals surface area contributed by atoms with Crippen LogP contribution in [0.15, 0.2) is 60.1 Å². The van der Waals surface area contributed by atoms with Crippen molar-refractivity contribution in [3.8, 4) is 22.8 Å². The van der Waals surface area contributed by atoms with Crippen molar-refractivity contribution in [2.24, 2.45) is 0 Å². The second-order valence-corrected chi connectivity index (χ2v) is 7.67. The quantitative estimate of drug-likeness (QED) is 0.526. The van der Waals surface area contributed by atoms with Crippen molar-refractivity contribution in [1.82, 2.24) is 14.7 Å². The van der Waals surface area contributed by atoms with Gasteiger partial charge in [-0.2, -0.15) is 0 Å². The second kappa shape index (κ2) is 7.60. The summed E-state index contributed by atoms with van der Waals surface area (Å²) in [4.78, 5) is 18.0. The number of aromatic nitrogens is 2. The fourth-order valence-corrected chi connectivity index (χ4v) is 4.25. The molecule has 0 bridgehead atoms. The molecular weight excluding hydrogens is 386 g/mol. The van der Waals surface area contributed by atoms with E-state index < -0.39 is 0 Å². The number of thiazole rings is 1. The fourth-order valence-electron chi connectivity index (χ4n) is 3.34. The molecule has 2 aromatic heterocycles. The molecule has 0 saturated carbocycles. The summed E-state index contributed by atoms with van der Waals surface area (Å²) in [6.07, 6.45) is 3.13. The van der Waals surface area contributed by atoms with Crippen molar-refractivity contribution in [1.29, 1.82) is 0 Å². The van der Waals surface area contributed by atoms with Gasteiger partial charge >= 0.3 is 0 Å². The third-order valence-corrected chi connectivity index (χ3v) is 5.78. The molecule has 1 N–H and O–H groups in total. The molecule has 0 fully saturated rings. The first kappa shape index (κ1) is 17.8. The number of hydrogen-bond acceptors (Lipinski definition) is 5. The van der Waals surface area contributed by atoms with Gasteiger partial charge in [0, 0.05) is 35.8 Å². The summed E-state index contributed by atoms with van der Waals surface area (Å²) in [6, 6.07) is 15.8. The number of carbonyl (C=O) groups excluding carboxylic acids is 1. The van der Waals surface area contributed by atoms with Gasteiger partial charge in [-0.15, -0.1) is 11.3 Å². The number of amides is 1. The lowest BCUT2D eigenvalue weighted by Crippen LogP contribution is -2.23. The second-order valence-electron chi connectivity index (χ2n) is 6.84. The van der Waals surface area contributed by atoms with E-state index >= 15 is 0 Å². The number of nitrogens with zero attached hydrogens (tertiary/aromatic N) is 2. The van der Waals surface area contributed by atoms with E-state index in [-0.39, 0.29) is 12.7 Å². The van der Waals surface area contributed by atoms with Gasteiger partial charge in [-0.3, -0.25) is 9.20 Å². The Balaban J connectivity index is 1.20. The third kappa shape index (κ3) is 3.69. The molecule has 0 atom stereocenters.